The van der Waals surface area contributed by atoms with Crippen LogP contribution in [0.3, 0.4) is 0 Å². The van der Waals surface area contributed by atoms with Gasteiger partial charge in [0.1, 0.15) is 0 Å². The Kier molecular flexibility index (Phi) is 3.94. The average molecular weight is 276 g/mol. The molecular weight excluding hydrogens is 252 g/mol. The molecule has 112 valence electrons. The van der Waals surface area contributed by atoms with E-state index in [9.17, 15) is 20.4 Å². The number of aliphatic hydroxyl groups excluding tert-OH is 2. The molecule has 2 rings (SSSR count). The standard InChI is InChI=1S/C13H24O6/c1-4-12(2,16)9(8(6-14)18-3)11-10(15)7-5-13(7,17)19-11/h7-11,14-17H,4-6H2,1-3H3. The number of fused-ring (bicyclic) bond motifs is 1. The van der Waals surface area contributed by atoms with E-state index in [1.807, 2.05) is 6.92 Å². The van der Waals surface area contributed by atoms with E-state index < -0.39 is 35.6 Å². The van der Waals surface area contributed by atoms with Gasteiger partial charge in [-0.1, -0.05) is 6.92 Å². The molecule has 6 heteroatoms. The molecule has 0 radical (unpaired) electrons. The molecule has 0 aromatic rings. The van der Waals surface area contributed by atoms with Crippen LogP contribution in [0.15, 0.2) is 0 Å². The molecule has 19 heavy (non-hydrogen) atoms. The van der Waals surface area contributed by atoms with Gasteiger partial charge in [0.05, 0.1) is 30.5 Å². The Morgan fingerprint density at radius 1 is 1.53 bits per heavy atom. The van der Waals surface area contributed by atoms with E-state index in [4.69, 9.17) is 9.47 Å². The summed E-state index contributed by atoms with van der Waals surface area (Å²) < 4.78 is 10.7. The van der Waals surface area contributed by atoms with Crippen LogP contribution in [0.25, 0.3) is 0 Å². The smallest absolute Gasteiger partial charge is 0.172 e. The zero-order valence-corrected chi connectivity index (χ0v) is 11.6. The molecule has 1 saturated carbocycles. The first-order valence-corrected chi connectivity index (χ1v) is 6.75. The monoisotopic (exact) mass is 276 g/mol. The highest BCUT2D eigenvalue weighted by molar-refractivity contribution is 5.12. The fourth-order valence-corrected chi connectivity index (χ4v) is 3.14. The lowest BCUT2D eigenvalue weighted by Crippen LogP contribution is -2.54. The summed E-state index contributed by atoms with van der Waals surface area (Å²) in [5.41, 5.74) is -1.16. The van der Waals surface area contributed by atoms with Crippen LogP contribution in [0.5, 0.6) is 0 Å². The third-order valence-electron chi connectivity index (χ3n) is 4.69. The van der Waals surface area contributed by atoms with Crippen molar-refractivity contribution < 1.29 is 29.9 Å². The molecule has 1 aliphatic carbocycles. The van der Waals surface area contributed by atoms with Gasteiger partial charge < -0.3 is 29.9 Å². The number of rotatable bonds is 6. The minimum absolute atomic E-state index is 0.285. The van der Waals surface area contributed by atoms with E-state index in [-0.39, 0.29) is 12.5 Å². The Morgan fingerprint density at radius 3 is 2.53 bits per heavy atom. The Bertz CT molecular complexity index is 329. The first-order valence-electron chi connectivity index (χ1n) is 6.75. The molecule has 2 fully saturated rings. The molecule has 7 unspecified atom stereocenters. The molecule has 6 nitrogen and oxygen atoms in total. The maximum absolute atomic E-state index is 10.5. The Labute approximate surface area is 113 Å². The van der Waals surface area contributed by atoms with Gasteiger partial charge in [-0.3, -0.25) is 0 Å². The maximum atomic E-state index is 10.5. The van der Waals surface area contributed by atoms with Crippen LogP contribution < -0.4 is 0 Å². The Balaban J connectivity index is 2.23. The summed E-state index contributed by atoms with van der Waals surface area (Å²) in [7, 11) is 1.44. The molecule has 0 aromatic heterocycles. The third-order valence-corrected chi connectivity index (χ3v) is 4.69. The topological polar surface area (TPSA) is 99.4 Å². The predicted molar refractivity (Wildman–Crippen MR) is 66.2 cm³/mol. The van der Waals surface area contributed by atoms with Crippen molar-refractivity contribution in [1.29, 1.82) is 0 Å². The fourth-order valence-electron chi connectivity index (χ4n) is 3.14. The van der Waals surface area contributed by atoms with Gasteiger partial charge in [-0.05, 0) is 13.3 Å². The first kappa shape index (κ1) is 15.2. The predicted octanol–water partition coefficient (Wildman–Crippen LogP) is -0.761. The van der Waals surface area contributed by atoms with Gasteiger partial charge in [0.15, 0.2) is 5.79 Å². The molecule has 1 heterocycles. The second-order valence-electron chi connectivity index (χ2n) is 5.92. The highest BCUT2D eigenvalue weighted by Crippen LogP contribution is 2.56. The van der Waals surface area contributed by atoms with Crippen molar-refractivity contribution in [2.45, 2.75) is 56.4 Å². The fraction of sp³-hybridized carbons (Fsp3) is 1.00. The van der Waals surface area contributed by atoms with Crippen LogP contribution in [0, 0.1) is 11.8 Å². The number of hydrogen-bond acceptors (Lipinski definition) is 6. The average Bonchev–Trinajstić information content (AvgIpc) is 2.98. The number of aliphatic hydroxyl groups is 4. The second-order valence-corrected chi connectivity index (χ2v) is 5.92. The molecule has 0 amide bonds. The maximum Gasteiger partial charge on any atom is 0.172 e. The van der Waals surface area contributed by atoms with Crippen molar-refractivity contribution in [2.75, 3.05) is 13.7 Å². The summed E-state index contributed by atoms with van der Waals surface area (Å²) in [4.78, 5) is 0. The van der Waals surface area contributed by atoms with Crippen molar-refractivity contribution in [2.24, 2.45) is 11.8 Å². The van der Waals surface area contributed by atoms with Crippen LogP contribution in [0.2, 0.25) is 0 Å². The second kappa shape index (κ2) is 4.95. The number of methoxy groups -OCH3 is 1. The van der Waals surface area contributed by atoms with Crippen molar-refractivity contribution in [3.8, 4) is 0 Å². The van der Waals surface area contributed by atoms with Gasteiger partial charge in [0.2, 0.25) is 0 Å². The quantitative estimate of drug-likeness (QED) is 0.509. The molecule has 7 atom stereocenters. The van der Waals surface area contributed by atoms with Gasteiger partial charge in [-0.25, -0.2) is 0 Å². The molecule has 0 bridgehead atoms. The molecule has 1 saturated heterocycles. The van der Waals surface area contributed by atoms with E-state index in [0.29, 0.717) is 12.8 Å². The van der Waals surface area contributed by atoms with Crippen LogP contribution in [0.1, 0.15) is 26.7 Å². The van der Waals surface area contributed by atoms with Crippen LogP contribution in [-0.2, 0) is 9.47 Å². The third kappa shape index (κ3) is 2.41. The van der Waals surface area contributed by atoms with Gasteiger partial charge in [-0.2, -0.15) is 0 Å². The summed E-state index contributed by atoms with van der Waals surface area (Å²) in [6.07, 6.45) is -1.40. The highest BCUT2D eigenvalue weighted by atomic mass is 16.7. The van der Waals surface area contributed by atoms with E-state index in [1.54, 1.807) is 6.92 Å². The van der Waals surface area contributed by atoms with Gasteiger partial charge in [0.25, 0.3) is 0 Å². The van der Waals surface area contributed by atoms with E-state index in [0.717, 1.165) is 0 Å². The van der Waals surface area contributed by atoms with Gasteiger partial charge in [0, 0.05) is 25.4 Å². The molecule has 0 aromatic carbocycles. The number of ether oxygens (including phenoxy) is 2. The molecular formula is C13H24O6. The van der Waals surface area contributed by atoms with Gasteiger partial charge in [-0.15, -0.1) is 0 Å². The van der Waals surface area contributed by atoms with Crippen molar-refractivity contribution >= 4 is 0 Å². The zero-order chi connectivity index (χ0) is 14.4. The van der Waals surface area contributed by atoms with Crippen LogP contribution in [-0.4, -0.2) is 63.8 Å². The first-order chi connectivity index (χ1) is 8.80. The lowest BCUT2D eigenvalue weighted by molar-refractivity contribution is -0.207. The number of hydrogen-bond donors (Lipinski definition) is 4. The summed E-state index contributed by atoms with van der Waals surface area (Å²) in [5.74, 6) is -2.18. The normalized spacial score (nSPS) is 43.4. The van der Waals surface area contributed by atoms with E-state index >= 15 is 0 Å². The summed E-state index contributed by atoms with van der Waals surface area (Å²) >= 11 is 0. The minimum Gasteiger partial charge on any atom is -0.394 e. The van der Waals surface area contributed by atoms with Crippen LogP contribution in [0.4, 0.5) is 0 Å². The van der Waals surface area contributed by atoms with Crippen LogP contribution >= 0.6 is 0 Å². The summed E-state index contributed by atoms with van der Waals surface area (Å²) in [6.45, 7) is 3.16. The zero-order valence-electron chi connectivity index (χ0n) is 11.6. The summed E-state index contributed by atoms with van der Waals surface area (Å²) in [5, 5.41) is 40.1. The minimum atomic E-state index is -1.26. The van der Waals surface area contributed by atoms with E-state index in [2.05, 4.69) is 0 Å². The molecule has 1 aliphatic heterocycles. The van der Waals surface area contributed by atoms with E-state index in [1.165, 1.54) is 7.11 Å². The van der Waals surface area contributed by atoms with Gasteiger partial charge >= 0.3 is 0 Å². The summed E-state index contributed by atoms with van der Waals surface area (Å²) in [6, 6.07) is 0. The highest BCUT2D eigenvalue weighted by Gasteiger charge is 2.69. The molecule has 0 spiro atoms. The van der Waals surface area contributed by atoms with Crippen molar-refractivity contribution in [1.82, 2.24) is 0 Å². The Morgan fingerprint density at radius 2 is 2.16 bits per heavy atom. The molecule has 4 N–H and O–H groups in total. The largest absolute Gasteiger partial charge is 0.394 e. The Hall–Kier alpha value is -0.240. The lowest BCUT2D eigenvalue weighted by atomic mass is 9.77. The molecule has 2 aliphatic rings. The van der Waals surface area contributed by atoms with Crippen molar-refractivity contribution in [3.63, 3.8) is 0 Å². The SMILES string of the molecule is CCC(C)(O)C(C(CO)OC)C1OC2(O)CC2C1O. The van der Waals surface area contributed by atoms with Crippen molar-refractivity contribution in [3.05, 3.63) is 0 Å². The lowest BCUT2D eigenvalue weighted by Gasteiger charge is -2.41.